The highest BCUT2D eigenvalue weighted by molar-refractivity contribution is 5.96. The molecule has 1 N–H and O–H groups in total. The standard InChI is InChI=1S/C15H14O6/c1-19-9-3-4-10-13(9)14(17)12-8(16)5-7(15(18)20-2)6-11(12)21-10/h5-6,9,16H,3-4H2,1-2H3. The molecular weight excluding hydrogens is 276 g/mol. The molecule has 1 atom stereocenters. The third-order valence-electron chi connectivity index (χ3n) is 3.75. The van der Waals surface area contributed by atoms with Gasteiger partial charge in [-0.1, -0.05) is 0 Å². The van der Waals surface area contributed by atoms with E-state index in [9.17, 15) is 14.7 Å². The molecule has 0 spiro atoms. The predicted octanol–water partition coefficient (Wildman–Crippen LogP) is 1.92. The van der Waals surface area contributed by atoms with Crippen molar-refractivity contribution in [2.24, 2.45) is 0 Å². The van der Waals surface area contributed by atoms with E-state index in [0.717, 1.165) is 0 Å². The first-order chi connectivity index (χ1) is 10.1. The summed E-state index contributed by atoms with van der Waals surface area (Å²) in [5.41, 5.74) is 0.443. The van der Waals surface area contributed by atoms with Gasteiger partial charge in [0.15, 0.2) is 0 Å². The van der Waals surface area contributed by atoms with Crippen LogP contribution >= 0.6 is 0 Å². The molecular formula is C15H14O6. The molecule has 0 radical (unpaired) electrons. The van der Waals surface area contributed by atoms with Crippen LogP contribution in [0, 0.1) is 0 Å². The second-order valence-electron chi connectivity index (χ2n) is 4.89. The molecule has 3 rings (SSSR count). The maximum atomic E-state index is 12.5. The fourth-order valence-electron chi connectivity index (χ4n) is 2.75. The predicted molar refractivity (Wildman–Crippen MR) is 73.6 cm³/mol. The monoisotopic (exact) mass is 290 g/mol. The highest BCUT2D eigenvalue weighted by atomic mass is 16.5. The lowest BCUT2D eigenvalue weighted by Crippen LogP contribution is -2.13. The van der Waals surface area contributed by atoms with Gasteiger partial charge in [0, 0.05) is 13.5 Å². The van der Waals surface area contributed by atoms with Gasteiger partial charge in [0.2, 0.25) is 5.43 Å². The average Bonchev–Trinajstić information content (AvgIpc) is 2.89. The zero-order valence-corrected chi connectivity index (χ0v) is 11.6. The Labute approximate surface area is 119 Å². The number of phenolic OH excluding ortho intramolecular Hbond substituents is 1. The van der Waals surface area contributed by atoms with Crippen molar-refractivity contribution in [1.82, 2.24) is 0 Å². The summed E-state index contributed by atoms with van der Waals surface area (Å²) >= 11 is 0. The average molecular weight is 290 g/mol. The minimum Gasteiger partial charge on any atom is -0.507 e. The number of hydrogen-bond acceptors (Lipinski definition) is 6. The molecule has 0 saturated heterocycles. The van der Waals surface area contributed by atoms with Crippen LogP contribution in [0.3, 0.4) is 0 Å². The molecule has 0 saturated carbocycles. The first-order valence-corrected chi connectivity index (χ1v) is 6.50. The number of carbonyl (C=O) groups is 1. The van der Waals surface area contributed by atoms with Gasteiger partial charge in [-0.3, -0.25) is 4.79 Å². The van der Waals surface area contributed by atoms with Crippen molar-refractivity contribution in [2.75, 3.05) is 14.2 Å². The van der Waals surface area contributed by atoms with Crippen LogP contribution in [0.4, 0.5) is 0 Å². The number of aryl methyl sites for hydroxylation is 1. The second kappa shape index (κ2) is 4.89. The maximum absolute atomic E-state index is 12.5. The molecule has 6 heteroatoms. The Hall–Kier alpha value is -2.34. The first kappa shape index (κ1) is 13.6. The summed E-state index contributed by atoms with van der Waals surface area (Å²) in [6.45, 7) is 0. The van der Waals surface area contributed by atoms with Gasteiger partial charge < -0.3 is 19.0 Å². The van der Waals surface area contributed by atoms with Gasteiger partial charge >= 0.3 is 5.97 Å². The third kappa shape index (κ3) is 1.99. The largest absolute Gasteiger partial charge is 0.507 e. The molecule has 21 heavy (non-hydrogen) atoms. The molecule has 1 aliphatic rings. The first-order valence-electron chi connectivity index (χ1n) is 6.50. The van der Waals surface area contributed by atoms with Crippen LogP contribution in [0.25, 0.3) is 11.0 Å². The van der Waals surface area contributed by atoms with E-state index in [1.807, 2.05) is 0 Å². The van der Waals surface area contributed by atoms with Gasteiger partial charge in [0.1, 0.15) is 22.5 Å². The van der Waals surface area contributed by atoms with Crippen LogP contribution in [0.5, 0.6) is 5.75 Å². The van der Waals surface area contributed by atoms with Crippen molar-refractivity contribution in [3.63, 3.8) is 0 Å². The summed E-state index contributed by atoms with van der Waals surface area (Å²) < 4.78 is 15.6. The van der Waals surface area contributed by atoms with Crippen molar-refractivity contribution in [3.8, 4) is 5.75 Å². The highest BCUT2D eigenvalue weighted by Crippen LogP contribution is 2.35. The van der Waals surface area contributed by atoms with Gasteiger partial charge in [0.25, 0.3) is 0 Å². The molecule has 0 fully saturated rings. The lowest BCUT2D eigenvalue weighted by Gasteiger charge is -2.10. The number of carbonyl (C=O) groups excluding carboxylic acids is 1. The van der Waals surface area contributed by atoms with Gasteiger partial charge in [-0.05, 0) is 18.6 Å². The normalized spacial score (nSPS) is 17.0. The molecule has 2 aromatic rings. The molecule has 1 aromatic carbocycles. The number of fused-ring (bicyclic) bond motifs is 2. The van der Waals surface area contributed by atoms with E-state index >= 15 is 0 Å². The maximum Gasteiger partial charge on any atom is 0.338 e. The summed E-state index contributed by atoms with van der Waals surface area (Å²) in [6, 6.07) is 2.61. The summed E-state index contributed by atoms with van der Waals surface area (Å²) in [7, 11) is 2.77. The third-order valence-corrected chi connectivity index (χ3v) is 3.75. The minimum absolute atomic E-state index is 0.0605. The Morgan fingerprint density at radius 2 is 2.14 bits per heavy atom. The summed E-state index contributed by atoms with van der Waals surface area (Å²) in [4.78, 5) is 24.1. The Morgan fingerprint density at radius 3 is 2.81 bits per heavy atom. The number of phenols is 1. The zero-order valence-electron chi connectivity index (χ0n) is 11.6. The second-order valence-corrected chi connectivity index (χ2v) is 4.89. The van der Waals surface area contributed by atoms with Crippen LogP contribution in [0.15, 0.2) is 21.3 Å². The van der Waals surface area contributed by atoms with Crippen LogP contribution < -0.4 is 5.43 Å². The summed E-state index contributed by atoms with van der Waals surface area (Å²) in [5, 5.41) is 10.1. The van der Waals surface area contributed by atoms with Crippen molar-refractivity contribution in [1.29, 1.82) is 0 Å². The Kier molecular flexibility index (Phi) is 3.17. The topological polar surface area (TPSA) is 86.0 Å². The molecule has 0 aliphatic heterocycles. The van der Waals surface area contributed by atoms with Gasteiger partial charge in [-0.25, -0.2) is 4.79 Å². The van der Waals surface area contributed by atoms with Gasteiger partial charge in [-0.2, -0.15) is 0 Å². The molecule has 110 valence electrons. The number of benzene rings is 1. The fourth-order valence-corrected chi connectivity index (χ4v) is 2.75. The van der Waals surface area contributed by atoms with E-state index in [0.29, 0.717) is 24.2 Å². The number of hydrogen-bond donors (Lipinski definition) is 1. The SMILES string of the molecule is COC(=O)c1cc(O)c2c(=O)c3c(oc2c1)CCC3OC. The van der Waals surface area contributed by atoms with E-state index < -0.39 is 5.97 Å². The quantitative estimate of drug-likeness (QED) is 0.850. The lowest BCUT2D eigenvalue weighted by atomic mass is 10.1. The summed E-state index contributed by atoms with van der Waals surface area (Å²) in [6.07, 6.45) is 0.925. The van der Waals surface area contributed by atoms with Crippen LogP contribution in [0.1, 0.15) is 34.2 Å². The van der Waals surface area contributed by atoms with Gasteiger partial charge in [-0.15, -0.1) is 0 Å². The van der Waals surface area contributed by atoms with E-state index in [1.54, 1.807) is 0 Å². The van der Waals surface area contributed by atoms with Crippen molar-refractivity contribution in [2.45, 2.75) is 18.9 Å². The smallest absolute Gasteiger partial charge is 0.338 e. The van der Waals surface area contributed by atoms with E-state index in [1.165, 1.54) is 26.4 Å². The Balaban J connectivity index is 2.31. The molecule has 1 aliphatic carbocycles. The molecule has 6 nitrogen and oxygen atoms in total. The number of esters is 1. The number of ether oxygens (including phenoxy) is 2. The van der Waals surface area contributed by atoms with E-state index in [2.05, 4.69) is 4.74 Å². The molecule has 1 heterocycles. The zero-order chi connectivity index (χ0) is 15.1. The van der Waals surface area contributed by atoms with Crippen molar-refractivity contribution >= 4 is 16.9 Å². The summed E-state index contributed by atoms with van der Waals surface area (Å²) in [5.74, 6) is -0.364. The number of rotatable bonds is 2. The van der Waals surface area contributed by atoms with Crippen molar-refractivity contribution in [3.05, 3.63) is 39.2 Å². The number of aromatic hydroxyl groups is 1. The lowest BCUT2D eigenvalue weighted by molar-refractivity contribution is 0.0600. The Morgan fingerprint density at radius 1 is 1.38 bits per heavy atom. The number of methoxy groups -OCH3 is 2. The van der Waals surface area contributed by atoms with Crippen LogP contribution in [-0.2, 0) is 15.9 Å². The van der Waals surface area contributed by atoms with Crippen LogP contribution in [0.2, 0.25) is 0 Å². The van der Waals surface area contributed by atoms with Crippen LogP contribution in [-0.4, -0.2) is 25.3 Å². The van der Waals surface area contributed by atoms with E-state index in [-0.39, 0.29) is 33.8 Å². The minimum atomic E-state index is -0.606. The van der Waals surface area contributed by atoms with Crippen molar-refractivity contribution < 1.29 is 23.8 Å². The fraction of sp³-hybridized carbons (Fsp3) is 0.333. The Bertz CT molecular complexity index is 789. The molecule has 0 amide bonds. The van der Waals surface area contributed by atoms with Gasteiger partial charge in [0.05, 0.1) is 24.3 Å². The van der Waals surface area contributed by atoms with E-state index in [4.69, 9.17) is 9.15 Å². The highest BCUT2D eigenvalue weighted by Gasteiger charge is 2.30. The molecule has 1 unspecified atom stereocenters. The molecule has 1 aromatic heterocycles. The molecule has 0 bridgehead atoms.